The number of amides is 2. The molecule has 5 heteroatoms. The zero-order valence-corrected chi connectivity index (χ0v) is 7.12. The minimum atomic E-state index is -0.722. The molecular weight excluding hydrogens is 172 g/mol. The summed E-state index contributed by atoms with van der Waals surface area (Å²) in [5, 5.41) is 8.54. The summed E-state index contributed by atoms with van der Waals surface area (Å²) >= 11 is 0. The largest absolute Gasteiger partial charge is 0.515 e. The number of rotatable bonds is 5. The molecule has 0 radical (unpaired) electrons. The van der Waals surface area contributed by atoms with Crippen LogP contribution < -0.4 is 11.5 Å². The zero-order valence-electron chi connectivity index (χ0n) is 7.12. The summed E-state index contributed by atoms with van der Waals surface area (Å²) in [6.45, 7) is 3.38. The molecule has 13 heavy (non-hydrogen) atoms. The standard InChI is InChI=1S/C8H12N2O3/c1-5(7(9)12)2-3-6(4-11)8(10)13/h4,11H,1-3H2,(H2,9,12)(H2,10,13)/b6-4-. The number of primary amides is 2. The van der Waals surface area contributed by atoms with Gasteiger partial charge in [0.05, 0.1) is 11.8 Å². The second-order valence-electron chi connectivity index (χ2n) is 2.49. The SMILES string of the molecule is C=C(CC/C(=C/O)C(N)=O)C(N)=O. The van der Waals surface area contributed by atoms with Crippen LogP contribution in [0.5, 0.6) is 0 Å². The molecule has 0 rings (SSSR count). The van der Waals surface area contributed by atoms with E-state index in [1.807, 2.05) is 0 Å². The molecule has 0 aliphatic rings. The van der Waals surface area contributed by atoms with E-state index in [1.54, 1.807) is 0 Å². The minimum Gasteiger partial charge on any atom is -0.515 e. The third-order valence-corrected chi connectivity index (χ3v) is 1.52. The van der Waals surface area contributed by atoms with E-state index in [0.717, 1.165) is 0 Å². The van der Waals surface area contributed by atoms with E-state index in [1.165, 1.54) is 0 Å². The highest BCUT2D eigenvalue weighted by atomic mass is 16.2. The fraction of sp³-hybridized carbons (Fsp3) is 0.250. The lowest BCUT2D eigenvalue weighted by atomic mass is 10.1. The molecule has 0 atom stereocenters. The van der Waals surface area contributed by atoms with Gasteiger partial charge in [0.2, 0.25) is 11.8 Å². The third kappa shape index (κ3) is 3.95. The summed E-state index contributed by atoms with van der Waals surface area (Å²) in [6.07, 6.45) is 0.995. The number of carbonyl (C=O) groups excluding carboxylic acids is 2. The molecular formula is C8H12N2O3. The normalized spacial score (nSPS) is 10.9. The van der Waals surface area contributed by atoms with E-state index in [9.17, 15) is 9.59 Å². The van der Waals surface area contributed by atoms with Gasteiger partial charge in [-0.05, 0) is 12.8 Å². The van der Waals surface area contributed by atoms with Gasteiger partial charge in [0, 0.05) is 5.57 Å². The lowest BCUT2D eigenvalue weighted by Crippen LogP contribution is -2.16. The van der Waals surface area contributed by atoms with Crippen LogP contribution in [0, 0.1) is 0 Å². The molecule has 5 N–H and O–H groups in total. The number of aliphatic hydroxyl groups excluding tert-OH is 1. The van der Waals surface area contributed by atoms with Crippen LogP contribution >= 0.6 is 0 Å². The molecule has 0 saturated heterocycles. The number of hydrogen-bond donors (Lipinski definition) is 3. The maximum Gasteiger partial charge on any atom is 0.247 e. The Morgan fingerprint density at radius 3 is 2.08 bits per heavy atom. The average Bonchev–Trinajstić information content (AvgIpc) is 2.04. The van der Waals surface area contributed by atoms with Gasteiger partial charge in [0.25, 0.3) is 0 Å². The summed E-state index contributed by atoms with van der Waals surface area (Å²) in [6, 6.07) is 0. The lowest BCUT2D eigenvalue weighted by Gasteiger charge is -2.01. The van der Waals surface area contributed by atoms with Crippen LogP contribution in [0.15, 0.2) is 24.0 Å². The van der Waals surface area contributed by atoms with Gasteiger partial charge >= 0.3 is 0 Å². The van der Waals surface area contributed by atoms with E-state index in [0.29, 0.717) is 6.26 Å². The van der Waals surface area contributed by atoms with Crippen LogP contribution in [0.3, 0.4) is 0 Å². The maximum absolute atomic E-state index is 10.6. The molecule has 0 heterocycles. The van der Waals surface area contributed by atoms with E-state index in [2.05, 4.69) is 6.58 Å². The third-order valence-electron chi connectivity index (χ3n) is 1.52. The summed E-state index contributed by atoms with van der Waals surface area (Å²) in [7, 11) is 0. The van der Waals surface area contributed by atoms with Crippen molar-refractivity contribution in [3.63, 3.8) is 0 Å². The molecule has 5 nitrogen and oxygen atoms in total. The van der Waals surface area contributed by atoms with Crippen molar-refractivity contribution in [1.82, 2.24) is 0 Å². The highest BCUT2D eigenvalue weighted by molar-refractivity contribution is 5.93. The summed E-state index contributed by atoms with van der Waals surface area (Å²) in [4.78, 5) is 21.1. The van der Waals surface area contributed by atoms with Crippen molar-refractivity contribution in [1.29, 1.82) is 0 Å². The van der Waals surface area contributed by atoms with Crippen molar-refractivity contribution in [3.05, 3.63) is 24.0 Å². The quantitative estimate of drug-likeness (QED) is 0.404. The molecule has 0 spiro atoms. The molecule has 0 bridgehead atoms. The summed E-state index contributed by atoms with van der Waals surface area (Å²) in [5.41, 5.74) is 10.0. The first-order chi connectivity index (χ1) is 5.99. The highest BCUT2D eigenvalue weighted by Gasteiger charge is 2.07. The molecule has 0 aliphatic carbocycles. The average molecular weight is 184 g/mol. The predicted molar refractivity (Wildman–Crippen MR) is 47.5 cm³/mol. The van der Waals surface area contributed by atoms with E-state index >= 15 is 0 Å². The number of hydrogen-bond acceptors (Lipinski definition) is 3. The van der Waals surface area contributed by atoms with Gasteiger partial charge in [-0.2, -0.15) is 0 Å². The molecule has 0 fully saturated rings. The van der Waals surface area contributed by atoms with Crippen LogP contribution in [0.1, 0.15) is 12.8 Å². The Hall–Kier alpha value is -1.78. The lowest BCUT2D eigenvalue weighted by molar-refractivity contribution is -0.116. The second kappa shape index (κ2) is 4.97. The number of aliphatic hydroxyl groups is 1. The smallest absolute Gasteiger partial charge is 0.247 e. The highest BCUT2D eigenvalue weighted by Crippen LogP contribution is 2.08. The maximum atomic E-state index is 10.6. The Labute approximate surface area is 75.7 Å². The Bertz CT molecular complexity index is 269. The van der Waals surface area contributed by atoms with Gasteiger partial charge in [-0.1, -0.05) is 6.58 Å². The Kier molecular flexibility index (Phi) is 4.29. The van der Waals surface area contributed by atoms with Crippen molar-refractivity contribution >= 4 is 11.8 Å². The van der Waals surface area contributed by atoms with Crippen LogP contribution in [-0.2, 0) is 9.59 Å². The number of carbonyl (C=O) groups is 2. The first-order valence-electron chi connectivity index (χ1n) is 3.59. The van der Waals surface area contributed by atoms with Gasteiger partial charge in [0.1, 0.15) is 0 Å². The second-order valence-corrected chi connectivity index (χ2v) is 2.49. The van der Waals surface area contributed by atoms with E-state index < -0.39 is 11.8 Å². The molecule has 0 aromatic rings. The molecule has 0 unspecified atom stereocenters. The Morgan fingerprint density at radius 2 is 1.77 bits per heavy atom. The predicted octanol–water partition coefficient (Wildman–Crippen LogP) is -0.265. The van der Waals surface area contributed by atoms with E-state index in [-0.39, 0.29) is 24.0 Å². The van der Waals surface area contributed by atoms with Crippen molar-refractivity contribution in [3.8, 4) is 0 Å². The van der Waals surface area contributed by atoms with Gasteiger partial charge < -0.3 is 16.6 Å². The van der Waals surface area contributed by atoms with E-state index in [4.69, 9.17) is 16.6 Å². The topological polar surface area (TPSA) is 106 Å². The molecule has 2 amide bonds. The first-order valence-corrected chi connectivity index (χ1v) is 3.59. The fourth-order valence-electron chi connectivity index (χ4n) is 0.660. The van der Waals surface area contributed by atoms with Gasteiger partial charge in [-0.25, -0.2) is 0 Å². The Morgan fingerprint density at radius 1 is 1.23 bits per heavy atom. The van der Waals surface area contributed by atoms with Crippen molar-refractivity contribution in [2.75, 3.05) is 0 Å². The van der Waals surface area contributed by atoms with Crippen molar-refractivity contribution < 1.29 is 14.7 Å². The zero-order chi connectivity index (χ0) is 10.4. The van der Waals surface area contributed by atoms with Crippen LogP contribution in [0.25, 0.3) is 0 Å². The van der Waals surface area contributed by atoms with Crippen LogP contribution in [0.2, 0.25) is 0 Å². The van der Waals surface area contributed by atoms with Gasteiger partial charge in [-0.3, -0.25) is 9.59 Å². The minimum absolute atomic E-state index is 0.0439. The summed E-state index contributed by atoms with van der Waals surface area (Å²) in [5.74, 6) is -1.35. The van der Waals surface area contributed by atoms with Crippen molar-refractivity contribution in [2.24, 2.45) is 11.5 Å². The van der Waals surface area contributed by atoms with Gasteiger partial charge in [0.15, 0.2) is 0 Å². The van der Waals surface area contributed by atoms with Gasteiger partial charge in [-0.15, -0.1) is 0 Å². The monoisotopic (exact) mass is 184 g/mol. The molecule has 0 saturated carbocycles. The van der Waals surface area contributed by atoms with Crippen LogP contribution in [0.4, 0.5) is 0 Å². The molecule has 0 aliphatic heterocycles. The molecule has 0 aromatic carbocycles. The molecule has 72 valence electrons. The number of nitrogens with two attached hydrogens (primary N) is 2. The molecule has 0 aromatic heterocycles. The van der Waals surface area contributed by atoms with Crippen molar-refractivity contribution in [2.45, 2.75) is 12.8 Å². The summed E-state index contributed by atoms with van der Waals surface area (Å²) < 4.78 is 0. The fourth-order valence-corrected chi connectivity index (χ4v) is 0.660. The Balaban J connectivity index is 4.09. The van der Waals surface area contributed by atoms with Crippen LogP contribution in [-0.4, -0.2) is 16.9 Å². The first kappa shape index (κ1) is 11.2.